The number of para-hydroxylation sites is 2. The number of aromatic nitrogens is 10. The standard InChI is InChI=1S/C14H7Cl2FN2O2.C11H8Cl2N2O2.C9H8N2.C8H4Cl2N2O2.C8H6N2O2.2C2H6/c15-9-5-10(16)13(20)12-11(9)14(21)19(6-18-12)8-3-1-7(17)2-4-8;12-6-3-7(13)10(16)9-8(6)11(17)15(4-14-9)5-1-2-5;1-7-3-2-4-8-5-10-6-11-9(7)8;9-3-1-4(10)7(13)6-5(3)8(14)12-2-11-6;11-6-3-1-2-5-7(6)9-4-10-8(5)12;2*1-2/h1-6,20H;3-5,16H,1-2H2;2-6H,1H3;1-2,13H,(H,11,12,14);1-4,11H,(H,9,10,12);2*1-2H3. The van der Waals surface area contributed by atoms with Crippen LogP contribution in [0.25, 0.3) is 60.2 Å². The number of nitrogens with one attached hydrogen (secondary N) is 2. The van der Waals surface area contributed by atoms with Crippen molar-refractivity contribution in [1.82, 2.24) is 49.0 Å². The van der Waals surface area contributed by atoms with Crippen LogP contribution in [0, 0.1) is 12.7 Å². The second kappa shape index (κ2) is 27.1. The molecule has 25 heteroatoms. The van der Waals surface area contributed by atoms with E-state index in [4.69, 9.17) is 69.6 Å². The van der Waals surface area contributed by atoms with Crippen LogP contribution < -0.4 is 22.2 Å². The zero-order valence-electron chi connectivity index (χ0n) is 42.1. The number of nitrogens with zero attached hydrogens (tertiary/aromatic N) is 8. The minimum Gasteiger partial charge on any atom is -0.506 e. The molecule has 1 fully saturated rings. The van der Waals surface area contributed by atoms with E-state index in [1.165, 1.54) is 84.0 Å². The first-order valence-electron chi connectivity index (χ1n) is 23.6. The molecule has 5 aromatic heterocycles. The molecule has 0 radical (unpaired) electrons. The van der Waals surface area contributed by atoms with Gasteiger partial charge in [0.1, 0.15) is 46.3 Å². The smallest absolute Gasteiger partial charge is 0.267 e. The number of phenolic OH excluding ortho intramolecular Hbond substituents is 4. The number of aryl methyl sites for hydroxylation is 1. The molecule has 0 saturated heterocycles. The first-order chi connectivity index (χ1) is 37.9. The van der Waals surface area contributed by atoms with E-state index >= 15 is 0 Å². The van der Waals surface area contributed by atoms with Gasteiger partial charge in [0.2, 0.25) is 0 Å². The SMILES string of the molecule is CC.CC.Cc1cccc2cncnc12.O=c1[nH]cnc2c(O)c(Cl)cc(Cl)c12.O=c1[nH]cnc2c(O)cccc12.O=c1c2c(Cl)cc(Cl)c(O)c2ncn1-c1ccc(F)cc1.O=c1c2c(Cl)cc(Cl)c(O)c2ncn1C1CC1. The second-order valence-electron chi connectivity index (χ2n) is 16.0. The molecule has 0 amide bonds. The van der Waals surface area contributed by atoms with Crippen molar-refractivity contribution in [2.75, 3.05) is 0 Å². The maximum Gasteiger partial charge on any atom is 0.267 e. The molecule has 408 valence electrons. The molecule has 0 bridgehead atoms. The van der Waals surface area contributed by atoms with Gasteiger partial charge in [0, 0.05) is 17.6 Å². The lowest BCUT2D eigenvalue weighted by atomic mass is 10.2. The molecule has 6 N–H and O–H groups in total. The minimum atomic E-state index is -0.483. The van der Waals surface area contributed by atoms with Crippen LogP contribution in [0.2, 0.25) is 30.1 Å². The highest BCUT2D eigenvalue weighted by atomic mass is 35.5. The summed E-state index contributed by atoms with van der Waals surface area (Å²) in [6.07, 6.45) is 10.5. The number of aromatic hydroxyl groups is 4. The van der Waals surface area contributed by atoms with Crippen LogP contribution in [0.4, 0.5) is 4.39 Å². The number of fused-ring (bicyclic) bond motifs is 5. The lowest BCUT2D eigenvalue weighted by Gasteiger charge is -2.09. The number of phenols is 4. The summed E-state index contributed by atoms with van der Waals surface area (Å²) in [5.41, 5.74) is 1.93. The van der Waals surface area contributed by atoms with Gasteiger partial charge in [0.05, 0.1) is 81.9 Å². The molecule has 0 atom stereocenters. The van der Waals surface area contributed by atoms with Crippen LogP contribution in [-0.2, 0) is 0 Å². The molecule has 1 aliphatic rings. The van der Waals surface area contributed by atoms with E-state index in [1.54, 1.807) is 23.0 Å². The van der Waals surface area contributed by atoms with Crippen LogP contribution in [0.15, 0.2) is 136 Å². The molecular formula is C54H45Cl6FN10O8. The largest absolute Gasteiger partial charge is 0.506 e. The van der Waals surface area contributed by atoms with Gasteiger partial charge >= 0.3 is 0 Å². The molecule has 1 saturated carbocycles. The van der Waals surface area contributed by atoms with Crippen molar-refractivity contribution in [3.05, 3.63) is 200 Å². The molecule has 5 heterocycles. The fraction of sp³-hybridized carbons (Fsp3) is 0.148. The molecular weight excluding hydrogens is 1150 g/mol. The first kappa shape index (κ1) is 60.3. The predicted octanol–water partition coefficient (Wildman–Crippen LogP) is 12.8. The van der Waals surface area contributed by atoms with E-state index in [2.05, 4.69) is 52.9 Å². The minimum absolute atomic E-state index is 0.0129. The van der Waals surface area contributed by atoms with E-state index in [-0.39, 0.29) is 103 Å². The summed E-state index contributed by atoms with van der Waals surface area (Å²) >= 11 is 35.0. The summed E-state index contributed by atoms with van der Waals surface area (Å²) in [6, 6.07) is 20.3. The van der Waals surface area contributed by atoms with Crippen LogP contribution in [0.3, 0.4) is 0 Å². The number of hydrogen-bond donors (Lipinski definition) is 6. The first-order valence-corrected chi connectivity index (χ1v) is 25.9. The second-order valence-corrected chi connectivity index (χ2v) is 18.4. The highest BCUT2D eigenvalue weighted by molar-refractivity contribution is 6.41. The predicted molar refractivity (Wildman–Crippen MR) is 310 cm³/mol. The Bertz CT molecular complexity index is 4250. The third-order valence-electron chi connectivity index (χ3n) is 11.1. The average molecular weight is 1190 g/mol. The third-order valence-corrected chi connectivity index (χ3v) is 12.8. The van der Waals surface area contributed by atoms with Crippen molar-refractivity contribution in [3.8, 4) is 28.7 Å². The summed E-state index contributed by atoms with van der Waals surface area (Å²) in [6.45, 7) is 10.1. The van der Waals surface area contributed by atoms with E-state index in [1.807, 2.05) is 46.0 Å². The molecule has 11 aromatic rings. The lowest BCUT2D eigenvalue weighted by Crippen LogP contribution is -2.19. The average Bonchev–Trinajstić information content (AvgIpc) is 4.34. The Morgan fingerprint density at radius 1 is 0.557 bits per heavy atom. The van der Waals surface area contributed by atoms with Crippen LogP contribution >= 0.6 is 69.6 Å². The maximum atomic E-state index is 12.9. The third kappa shape index (κ3) is 13.7. The van der Waals surface area contributed by atoms with Gasteiger partial charge < -0.3 is 30.4 Å². The molecule has 0 unspecified atom stereocenters. The molecule has 1 aliphatic carbocycles. The normalized spacial score (nSPS) is 11.3. The fourth-order valence-corrected chi connectivity index (χ4v) is 8.86. The lowest BCUT2D eigenvalue weighted by molar-refractivity contribution is 0.479. The number of rotatable bonds is 2. The Morgan fingerprint density at radius 2 is 1.06 bits per heavy atom. The molecule has 0 aliphatic heterocycles. The Labute approximate surface area is 476 Å². The summed E-state index contributed by atoms with van der Waals surface area (Å²) in [5, 5.41) is 40.9. The number of aromatic amines is 2. The summed E-state index contributed by atoms with van der Waals surface area (Å²) in [5.74, 6) is -1.13. The van der Waals surface area contributed by atoms with Crippen LogP contribution in [0.5, 0.6) is 23.0 Å². The van der Waals surface area contributed by atoms with Crippen molar-refractivity contribution in [2.24, 2.45) is 0 Å². The van der Waals surface area contributed by atoms with Crippen LogP contribution in [-0.4, -0.2) is 69.4 Å². The van der Waals surface area contributed by atoms with E-state index in [0.717, 1.165) is 23.7 Å². The van der Waals surface area contributed by atoms with Gasteiger partial charge in [-0.05, 0) is 79.9 Å². The van der Waals surface area contributed by atoms with Crippen molar-refractivity contribution in [2.45, 2.75) is 53.5 Å². The Kier molecular flexibility index (Phi) is 20.7. The zero-order valence-corrected chi connectivity index (χ0v) is 46.6. The quantitative estimate of drug-likeness (QED) is 0.0940. The van der Waals surface area contributed by atoms with Gasteiger partial charge in [-0.1, -0.05) is 122 Å². The summed E-state index contributed by atoms with van der Waals surface area (Å²) in [7, 11) is 0. The number of H-pyrrole nitrogens is 2. The fourth-order valence-electron chi connectivity index (χ4n) is 7.26. The zero-order chi connectivity index (χ0) is 57.8. The topological polar surface area (TPSA) is 268 Å². The molecule has 6 aromatic carbocycles. The maximum absolute atomic E-state index is 12.9. The van der Waals surface area contributed by atoms with Crippen LogP contribution in [0.1, 0.15) is 52.1 Å². The van der Waals surface area contributed by atoms with Crippen molar-refractivity contribution < 1.29 is 24.8 Å². The highest BCUT2D eigenvalue weighted by Gasteiger charge is 2.26. The van der Waals surface area contributed by atoms with Gasteiger partial charge in [0.15, 0.2) is 17.2 Å². The number of hydrogen-bond acceptors (Lipinski definition) is 14. The Balaban J connectivity index is 0.000000160. The Hall–Kier alpha value is -7.91. The summed E-state index contributed by atoms with van der Waals surface area (Å²) in [4.78, 5) is 75.7. The monoisotopic (exact) mass is 1190 g/mol. The molecule has 79 heavy (non-hydrogen) atoms. The van der Waals surface area contributed by atoms with Gasteiger partial charge in [-0.2, -0.15) is 0 Å². The van der Waals surface area contributed by atoms with Gasteiger partial charge in [-0.15, -0.1) is 0 Å². The number of benzene rings is 6. The van der Waals surface area contributed by atoms with E-state index < -0.39 is 16.9 Å². The highest BCUT2D eigenvalue weighted by Crippen LogP contribution is 2.38. The van der Waals surface area contributed by atoms with Gasteiger partial charge in [-0.25, -0.2) is 34.3 Å². The van der Waals surface area contributed by atoms with Crippen molar-refractivity contribution >= 4 is 124 Å². The summed E-state index contributed by atoms with van der Waals surface area (Å²) < 4.78 is 15.7. The van der Waals surface area contributed by atoms with Gasteiger partial charge in [0.25, 0.3) is 22.2 Å². The van der Waals surface area contributed by atoms with Crippen molar-refractivity contribution in [1.29, 1.82) is 0 Å². The molecule has 18 nitrogen and oxygen atoms in total. The van der Waals surface area contributed by atoms with E-state index in [0.29, 0.717) is 16.6 Å². The Morgan fingerprint density at radius 3 is 1.62 bits per heavy atom. The van der Waals surface area contributed by atoms with E-state index in [9.17, 15) is 44.0 Å². The van der Waals surface area contributed by atoms with Gasteiger partial charge in [-0.3, -0.25) is 28.3 Å². The van der Waals surface area contributed by atoms with Crippen molar-refractivity contribution in [3.63, 3.8) is 0 Å². The molecule has 12 rings (SSSR count). The number of halogens is 7. The molecule has 0 spiro atoms.